The molecule has 0 radical (unpaired) electrons. The molecule has 4 fully saturated rings. The van der Waals surface area contributed by atoms with Crippen molar-refractivity contribution in [1.82, 2.24) is 15.5 Å². The van der Waals surface area contributed by atoms with E-state index in [1.807, 2.05) is 49.4 Å². The predicted octanol–water partition coefficient (Wildman–Crippen LogP) is 2.06. The van der Waals surface area contributed by atoms with Gasteiger partial charge in [-0.05, 0) is 38.2 Å². The Balaban J connectivity index is 1.30. The van der Waals surface area contributed by atoms with Gasteiger partial charge in [-0.2, -0.15) is 0 Å². The number of hydrogen-bond donors (Lipinski definition) is 2. The largest absolute Gasteiger partial charge is 0.356 e. The summed E-state index contributed by atoms with van der Waals surface area (Å²) in [6.45, 7) is 2.26. The maximum atomic E-state index is 13.8. The van der Waals surface area contributed by atoms with Gasteiger partial charge in [0.15, 0.2) is 0 Å². The molecule has 7 nitrogen and oxygen atoms in total. The van der Waals surface area contributed by atoms with Crippen LogP contribution >= 0.6 is 0 Å². The molecule has 3 amide bonds. The lowest BCUT2D eigenvalue weighted by molar-refractivity contribution is -0.145. The van der Waals surface area contributed by atoms with Crippen molar-refractivity contribution in [3.05, 3.63) is 48.0 Å². The Labute approximate surface area is 193 Å². The van der Waals surface area contributed by atoms with Gasteiger partial charge in [-0.1, -0.05) is 55.3 Å². The fourth-order valence-corrected chi connectivity index (χ4v) is 6.56. The van der Waals surface area contributed by atoms with Gasteiger partial charge < -0.3 is 20.3 Å². The molecule has 1 aromatic carbocycles. The molecule has 2 bridgehead atoms. The predicted molar refractivity (Wildman–Crippen MR) is 121 cm³/mol. The molecule has 2 saturated heterocycles. The van der Waals surface area contributed by atoms with Gasteiger partial charge >= 0.3 is 0 Å². The number of amides is 3. The molecule has 2 aliphatic carbocycles. The van der Waals surface area contributed by atoms with Gasteiger partial charge in [-0.25, -0.2) is 0 Å². The number of nitrogens with zero attached hydrogens (tertiary/aromatic N) is 1. The first kappa shape index (κ1) is 20.9. The van der Waals surface area contributed by atoms with E-state index in [2.05, 4.69) is 10.6 Å². The molecule has 1 aromatic rings. The monoisotopic (exact) mass is 449 g/mol. The lowest BCUT2D eigenvalue weighted by Gasteiger charge is -2.33. The second kappa shape index (κ2) is 7.42. The van der Waals surface area contributed by atoms with Crippen LogP contribution in [0.4, 0.5) is 0 Å². The van der Waals surface area contributed by atoms with E-state index in [0.29, 0.717) is 6.54 Å². The summed E-state index contributed by atoms with van der Waals surface area (Å²) in [6.07, 6.45) is 9.78. The van der Waals surface area contributed by atoms with Gasteiger partial charge in [0, 0.05) is 18.6 Å². The second-order valence-electron chi connectivity index (χ2n) is 10.5. The number of rotatable bonds is 6. The lowest BCUT2D eigenvalue weighted by atomic mass is 9.70. The fourth-order valence-electron chi connectivity index (χ4n) is 6.56. The summed E-state index contributed by atoms with van der Waals surface area (Å²) >= 11 is 0. The molecule has 3 aliphatic heterocycles. The molecule has 2 N–H and O–H groups in total. The fraction of sp³-hybridized carbons (Fsp3) is 0.577. The SMILES string of the molecule is C[C@]12C=C[C@@]3(O1)[C@H](C(=O)N(C1CC1)[C@@H]3C(=O)NC1CCCC1)[C@@H]2C(=O)NCc1ccccc1. The van der Waals surface area contributed by atoms with Gasteiger partial charge in [-0.15, -0.1) is 0 Å². The summed E-state index contributed by atoms with van der Waals surface area (Å²) in [5.74, 6) is -1.79. The topological polar surface area (TPSA) is 87.7 Å². The van der Waals surface area contributed by atoms with Gasteiger partial charge in [0.25, 0.3) is 0 Å². The van der Waals surface area contributed by atoms with E-state index in [1.165, 1.54) is 0 Å². The zero-order valence-electron chi connectivity index (χ0n) is 19.0. The van der Waals surface area contributed by atoms with E-state index in [-0.39, 0.29) is 29.8 Å². The third-order valence-electron chi connectivity index (χ3n) is 8.22. The summed E-state index contributed by atoms with van der Waals surface area (Å²) in [4.78, 5) is 42.6. The number of ether oxygens (including phenoxy) is 1. The van der Waals surface area contributed by atoms with E-state index in [4.69, 9.17) is 4.74 Å². The third-order valence-corrected chi connectivity index (χ3v) is 8.22. The first-order valence-electron chi connectivity index (χ1n) is 12.3. The van der Waals surface area contributed by atoms with E-state index in [0.717, 1.165) is 44.1 Å². The second-order valence-corrected chi connectivity index (χ2v) is 10.5. The number of likely N-dealkylation sites (tertiary alicyclic amines) is 1. The minimum absolute atomic E-state index is 0.0636. The molecule has 5 atom stereocenters. The van der Waals surface area contributed by atoms with Crippen LogP contribution in [0, 0.1) is 11.8 Å². The molecule has 2 saturated carbocycles. The van der Waals surface area contributed by atoms with Gasteiger partial charge in [-0.3, -0.25) is 14.4 Å². The van der Waals surface area contributed by atoms with Gasteiger partial charge in [0.1, 0.15) is 11.6 Å². The lowest BCUT2D eigenvalue weighted by Crippen LogP contribution is -2.56. The number of hydrogen-bond acceptors (Lipinski definition) is 4. The van der Waals surface area contributed by atoms with Crippen molar-refractivity contribution < 1.29 is 19.1 Å². The Morgan fingerprint density at radius 1 is 1.06 bits per heavy atom. The Morgan fingerprint density at radius 2 is 1.79 bits per heavy atom. The average Bonchev–Trinajstić information content (AvgIpc) is 3.17. The highest BCUT2D eigenvalue weighted by Gasteiger charge is 2.77. The van der Waals surface area contributed by atoms with Crippen molar-refractivity contribution in [2.75, 3.05) is 0 Å². The zero-order chi connectivity index (χ0) is 22.8. The van der Waals surface area contributed by atoms with Crippen LogP contribution in [0.1, 0.15) is 51.0 Å². The van der Waals surface area contributed by atoms with Crippen LogP contribution in [0.3, 0.4) is 0 Å². The molecule has 3 heterocycles. The smallest absolute Gasteiger partial charge is 0.246 e. The van der Waals surface area contributed by atoms with E-state index in [1.54, 1.807) is 4.90 Å². The van der Waals surface area contributed by atoms with Crippen molar-refractivity contribution in [2.45, 2.75) is 81.3 Å². The minimum atomic E-state index is -1.08. The van der Waals surface area contributed by atoms with Crippen LogP contribution in [0.15, 0.2) is 42.5 Å². The molecule has 0 aromatic heterocycles. The van der Waals surface area contributed by atoms with E-state index < -0.39 is 29.1 Å². The molecule has 174 valence electrons. The van der Waals surface area contributed by atoms with Crippen LogP contribution in [0.2, 0.25) is 0 Å². The normalized spacial score (nSPS) is 36.9. The van der Waals surface area contributed by atoms with E-state index in [9.17, 15) is 14.4 Å². The quantitative estimate of drug-likeness (QED) is 0.651. The third kappa shape index (κ3) is 3.15. The highest BCUT2D eigenvalue weighted by Crippen LogP contribution is 2.61. The molecule has 5 aliphatic rings. The summed E-state index contributed by atoms with van der Waals surface area (Å²) in [5.41, 5.74) is -0.981. The summed E-state index contributed by atoms with van der Waals surface area (Å²) < 4.78 is 6.54. The number of nitrogens with one attached hydrogen (secondary N) is 2. The molecular formula is C26H31N3O4. The highest BCUT2D eigenvalue weighted by atomic mass is 16.5. The number of carbonyl (C=O) groups is 3. The first-order valence-corrected chi connectivity index (χ1v) is 12.3. The zero-order valence-corrected chi connectivity index (χ0v) is 19.0. The van der Waals surface area contributed by atoms with Crippen LogP contribution in [0.25, 0.3) is 0 Å². The van der Waals surface area contributed by atoms with Crippen LogP contribution in [0.5, 0.6) is 0 Å². The van der Waals surface area contributed by atoms with Crippen molar-refractivity contribution >= 4 is 17.7 Å². The van der Waals surface area contributed by atoms with Gasteiger partial charge in [0.2, 0.25) is 17.7 Å². The maximum Gasteiger partial charge on any atom is 0.246 e. The maximum absolute atomic E-state index is 13.8. The first-order chi connectivity index (χ1) is 15.9. The van der Waals surface area contributed by atoms with Crippen LogP contribution < -0.4 is 10.6 Å². The van der Waals surface area contributed by atoms with Crippen molar-refractivity contribution in [2.24, 2.45) is 11.8 Å². The van der Waals surface area contributed by atoms with Crippen LogP contribution in [-0.2, 0) is 25.7 Å². The van der Waals surface area contributed by atoms with Crippen molar-refractivity contribution in [1.29, 1.82) is 0 Å². The Kier molecular flexibility index (Phi) is 4.70. The average molecular weight is 450 g/mol. The van der Waals surface area contributed by atoms with Gasteiger partial charge in [0.05, 0.1) is 17.4 Å². The van der Waals surface area contributed by atoms with Crippen molar-refractivity contribution in [3.63, 3.8) is 0 Å². The number of carbonyl (C=O) groups excluding carboxylic acids is 3. The van der Waals surface area contributed by atoms with Crippen molar-refractivity contribution in [3.8, 4) is 0 Å². The Bertz CT molecular complexity index is 1020. The number of fused-ring (bicyclic) bond motifs is 1. The molecule has 0 unspecified atom stereocenters. The molecule has 33 heavy (non-hydrogen) atoms. The number of benzene rings is 1. The minimum Gasteiger partial charge on any atom is -0.356 e. The van der Waals surface area contributed by atoms with E-state index >= 15 is 0 Å². The summed E-state index contributed by atoms with van der Waals surface area (Å²) in [7, 11) is 0. The molecular weight excluding hydrogens is 418 g/mol. The Hall–Kier alpha value is -2.67. The summed E-state index contributed by atoms with van der Waals surface area (Å²) in [5, 5.41) is 6.22. The Morgan fingerprint density at radius 3 is 2.48 bits per heavy atom. The summed E-state index contributed by atoms with van der Waals surface area (Å²) in [6, 6.07) is 9.23. The molecule has 1 spiro atoms. The standard InChI is InChI=1S/C26H31N3O4/c1-25-13-14-26(33-25)20(19(25)22(30)27-15-16-7-3-2-4-8-16)24(32)29(18-11-12-18)21(26)23(31)28-17-9-5-6-10-17/h2-4,7-8,13-14,17-21H,5-6,9-12,15H2,1H3,(H,27,30)(H,28,31)/t19-,20+,21-,25-,26-/m1/s1. The molecule has 7 heteroatoms. The molecule has 6 rings (SSSR count). The van der Waals surface area contributed by atoms with Crippen LogP contribution in [-0.4, -0.2) is 51.9 Å². The highest BCUT2D eigenvalue weighted by molar-refractivity contribution is 6.00.